The number of benzene rings is 2. The van der Waals surface area contributed by atoms with Crippen LogP contribution in [0.3, 0.4) is 0 Å². The van der Waals surface area contributed by atoms with Crippen molar-refractivity contribution in [2.24, 2.45) is 11.8 Å². The highest BCUT2D eigenvalue weighted by Gasteiger charge is 2.48. The van der Waals surface area contributed by atoms with Gasteiger partial charge in [0.05, 0.1) is 34.6 Å². The first kappa shape index (κ1) is 50.7. The summed E-state index contributed by atoms with van der Waals surface area (Å²) >= 11 is 9.25. The highest BCUT2D eigenvalue weighted by molar-refractivity contribution is 7.26. The molecule has 0 radical (unpaired) electrons. The van der Waals surface area contributed by atoms with Gasteiger partial charge in [-0.1, -0.05) is 131 Å². The molecular formula is C57H68F2N4S6. The number of fused-ring (bicyclic) bond motifs is 5. The van der Waals surface area contributed by atoms with Crippen LogP contribution in [-0.4, -0.2) is 17.5 Å². The van der Waals surface area contributed by atoms with Crippen molar-refractivity contribution in [3.05, 3.63) is 81.0 Å². The second-order valence-corrected chi connectivity index (χ2v) is 25.2. The lowest BCUT2D eigenvalue weighted by atomic mass is 9.65. The Kier molecular flexibility index (Phi) is 17.0. The number of rotatable bonds is 26. The molecule has 0 bridgehead atoms. The van der Waals surface area contributed by atoms with Gasteiger partial charge < -0.3 is 0 Å². The number of thiophene rings is 4. The molecular weight excluding hydrogens is 971 g/mol. The van der Waals surface area contributed by atoms with E-state index in [2.05, 4.69) is 77.9 Å². The van der Waals surface area contributed by atoms with Crippen LogP contribution in [0.4, 0.5) is 8.78 Å². The summed E-state index contributed by atoms with van der Waals surface area (Å²) in [4.78, 5) is 8.97. The van der Waals surface area contributed by atoms with E-state index in [1.165, 1.54) is 131 Å². The molecule has 4 nitrogen and oxygen atoms in total. The average molecular weight is 1040 g/mol. The van der Waals surface area contributed by atoms with Crippen molar-refractivity contribution < 1.29 is 8.78 Å². The van der Waals surface area contributed by atoms with E-state index < -0.39 is 0 Å². The Morgan fingerprint density at radius 1 is 0.464 bits per heavy atom. The van der Waals surface area contributed by atoms with Crippen LogP contribution in [0.25, 0.3) is 73.6 Å². The molecule has 0 fully saturated rings. The van der Waals surface area contributed by atoms with Crippen molar-refractivity contribution in [2.45, 2.75) is 175 Å². The third kappa shape index (κ3) is 10.4. The molecule has 0 N–H and O–H groups in total. The standard InChI is InChI=1S/C57H68F2N4S6/c1-7-13-17-19-23-37-25-27-45(64-37)39-29-43(58)49(53-51(39)60-68-62-53)47-31-41-55(66-47)56-42(57(41,33-35(11-5)21-15-9-3)34-36(12-6)22-16-10-4)32-48(67-56)50-44(59)30-40(52-54(50)63-69-61-52)46-28-26-38(65-46)24-20-18-14-8-2/h25-32,35-36H,7-24,33-34H2,1-6H3. The van der Waals surface area contributed by atoms with Crippen LogP contribution in [-0.2, 0) is 18.3 Å². The number of halogens is 2. The van der Waals surface area contributed by atoms with Crippen molar-refractivity contribution in [3.8, 4) is 51.5 Å². The first-order valence-corrected chi connectivity index (χ1v) is 30.8. The normalized spacial score (nSPS) is 14.1. The molecule has 12 heteroatoms. The number of unbranched alkanes of at least 4 members (excludes halogenated alkanes) is 8. The van der Waals surface area contributed by atoms with Crippen LogP contribution in [0.15, 0.2) is 48.5 Å². The van der Waals surface area contributed by atoms with Gasteiger partial charge in [0.2, 0.25) is 0 Å². The highest BCUT2D eigenvalue weighted by Crippen LogP contribution is 2.63. The van der Waals surface area contributed by atoms with Gasteiger partial charge in [-0.2, -0.15) is 17.5 Å². The molecule has 1 aliphatic carbocycles. The lowest BCUT2D eigenvalue weighted by Crippen LogP contribution is -2.31. The Hall–Kier alpha value is -3.26. The highest BCUT2D eigenvalue weighted by atomic mass is 32.1. The van der Waals surface area contributed by atoms with E-state index in [0.29, 0.717) is 34.0 Å². The van der Waals surface area contributed by atoms with Gasteiger partial charge in [0.15, 0.2) is 0 Å². The van der Waals surface area contributed by atoms with Gasteiger partial charge in [0, 0.05) is 55.6 Å². The molecule has 0 aliphatic heterocycles. The number of aryl methyl sites for hydroxylation is 2. The third-order valence-corrected chi connectivity index (χ3v) is 20.8. The molecule has 1 aliphatic rings. The van der Waals surface area contributed by atoms with Crippen LogP contribution >= 0.6 is 68.8 Å². The van der Waals surface area contributed by atoms with Gasteiger partial charge >= 0.3 is 0 Å². The molecule has 6 heterocycles. The van der Waals surface area contributed by atoms with Crippen LogP contribution in [0.2, 0.25) is 0 Å². The van der Waals surface area contributed by atoms with E-state index in [-0.39, 0.29) is 17.0 Å². The predicted octanol–water partition coefficient (Wildman–Crippen LogP) is 20.6. The predicted molar refractivity (Wildman–Crippen MR) is 299 cm³/mol. The van der Waals surface area contributed by atoms with Gasteiger partial charge in [0.25, 0.3) is 0 Å². The molecule has 9 rings (SSSR count). The Bertz CT molecular complexity index is 2770. The first-order valence-electron chi connectivity index (χ1n) is 26.1. The van der Waals surface area contributed by atoms with Crippen LogP contribution in [0.5, 0.6) is 0 Å². The van der Waals surface area contributed by atoms with E-state index in [4.69, 9.17) is 17.5 Å². The minimum absolute atomic E-state index is 0.251. The third-order valence-electron chi connectivity index (χ3n) is 14.9. The van der Waals surface area contributed by atoms with Crippen molar-refractivity contribution in [1.29, 1.82) is 0 Å². The van der Waals surface area contributed by atoms with Crippen molar-refractivity contribution >= 4 is 90.9 Å². The number of hydrogen-bond acceptors (Lipinski definition) is 10. The Morgan fingerprint density at radius 2 is 0.884 bits per heavy atom. The average Bonchev–Trinajstić information content (AvgIpc) is 4.22. The van der Waals surface area contributed by atoms with Crippen LogP contribution in [0, 0.1) is 23.5 Å². The fraction of sp³-hybridized carbons (Fsp3) is 0.509. The summed E-state index contributed by atoms with van der Waals surface area (Å²) in [5.41, 5.74) is 7.94. The largest absolute Gasteiger partial charge is 0.206 e. The van der Waals surface area contributed by atoms with Gasteiger partial charge in [-0.15, -0.1) is 45.3 Å². The van der Waals surface area contributed by atoms with Gasteiger partial charge in [-0.3, -0.25) is 0 Å². The van der Waals surface area contributed by atoms with Crippen molar-refractivity contribution in [2.75, 3.05) is 0 Å². The topological polar surface area (TPSA) is 51.6 Å². The molecule has 2 unspecified atom stereocenters. The Balaban J connectivity index is 1.17. The lowest BCUT2D eigenvalue weighted by molar-refractivity contribution is 0.266. The van der Waals surface area contributed by atoms with Crippen molar-refractivity contribution in [1.82, 2.24) is 17.5 Å². The summed E-state index contributed by atoms with van der Waals surface area (Å²) in [5, 5.41) is 0. The van der Waals surface area contributed by atoms with E-state index in [9.17, 15) is 0 Å². The maximum absolute atomic E-state index is 17.2. The summed E-state index contributed by atoms with van der Waals surface area (Å²) in [5.74, 6) is 0.526. The first-order chi connectivity index (χ1) is 33.7. The fourth-order valence-corrected chi connectivity index (χ4v) is 17.1. The minimum Gasteiger partial charge on any atom is -0.206 e. The number of hydrogen-bond donors (Lipinski definition) is 0. The van der Waals surface area contributed by atoms with E-state index in [0.717, 1.165) is 93.0 Å². The SMILES string of the molecule is CCCCCCc1ccc(-c2cc(F)c(-c3cc4c(s3)-c3sc(-c5c(F)cc(-c6ccc(CCCCCC)s6)c6nsnc56)cc3C4(CC(CC)CCCC)CC(CC)CCCC)c3nsnc23)s1. The zero-order chi connectivity index (χ0) is 48.1. The summed E-state index contributed by atoms with van der Waals surface area (Å²) in [6.07, 6.45) is 23.1. The van der Waals surface area contributed by atoms with Gasteiger partial charge in [-0.05, 0) is 110 Å². The van der Waals surface area contributed by atoms with Gasteiger partial charge in [0.1, 0.15) is 33.7 Å². The summed E-state index contributed by atoms with van der Waals surface area (Å²) in [7, 11) is 0. The van der Waals surface area contributed by atoms with E-state index in [1.54, 1.807) is 57.5 Å². The molecule has 0 amide bonds. The second kappa shape index (κ2) is 23.1. The monoisotopic (exact) mass is 1040 g/mol. The molecule has 2 atom stereocenters. The zero-order valence-corrected chi connectivity index (χ0v) is 46.3. The maximum atomic E-state index is 17.2. The van der Waals surface area contributed by atoms with Crippen LogP contribution < -0.4 is 0 Å². The maximum Gasteiger partial charge on any atom is 0.134 e. The molecule has 366 valence electrons. The molecule has 8 aromatic rings. The summed E-state index contributed by atoms with van der Waals surface area (Å²) < 4.78 is 53.8. The second-order valence-electron chi connectivity index (χ2n) is 19.7. The number of aromatic nitrogens is 4. The zero-order valence-electron chi connectivity index (χ0n) is 41.4. The summed E-state index contributed by atoms with van der Waals surface area (Å²) in [6.45, 7) is 13.8. The van der Waals surface area contributed by atoms with Crippen molar-refractivity contribution in [3.63, 3.8) is 0 Å². The van der Waals surface area contributed by atoms with Crippen LogP contribution in [0.1, 0.15) is 178 Å². The fourth-order valence-electron chi connectivity index (χ4n) is 11.0. The van der Waals surface area contributed by atoms with Gasteiger partial charge in [-0.25, -0.2) is 8.78 Å². The summed E-state index contributed by atoms with van der Waals surface area (Å²) in [6, 6.07) is 16.8. The van der Waals surface area contributed by atoms with E-state index >= 15 is 8.78 Å². The molecule has 6 aromatic heterocycles. The lowest BCUT2D eigenvalue weighted by Gasteiger charge is -2.37. The van der Waals surface area contributed by atoms with E-state index in [1.807, 2.05) is 0 Å². The Labute approximate surface area is 433 Å². The minimum atomic E-state index is -0.308. The molecule has 0 saturated carbocycles. The number of nitrogens with zero attached hydrogens (tertiary/aromatic N) is 4. The Morgan fingerprint density at radius 3 is 1.29 bits per heavy atom. The molecule has 0 saturated heterocycles. The molecule has 2 aromatic carbocycles. The smallest absolute Gasteiger partial charge is 0.134 e. The quantitative estimate of drug-likeness (QED) is 0.0507. The molecule has 69 heavy (non-hydrogen) atoms. The molecule has 0 spiro atoms.